The molecule has 1 heterocycles. The summed E-state index contributed by atoms with van der Waals surface area (Å²) in [7, 11) is 0. The minimum absolute atomic E-state index is 0.328. The molecular weight excluding hydrogens is 371 g/mol. The van der Waals surface area contributed by atoms with E-state index in [2.05, 4.69) is 10.1 Å². The van der Waals surface area contributed by atoms with E-state index in [9.17, 15) is 22.8 Å². The third-order valence-corrected chi connectivity index (χ3v) is 4.33. The van der Waals surface area contributed by atoms with Gasteiger partial charge in [-0.1, -0.05) is 26.0 Å². The van der Waals surface area contributed by atoms with Crippen LogP contribution in [0, 0.1) is 11.8 Å². The zero-order valence-electron chi connectivity index (χ0n) is 13.8. The van der Waals surface area contributed by atoms with E-state index in [1.54, 1.807) is 25.3 Å². The van der Waals surface area contributed by atoms with Gasteiger partial charge in [-0.25, -0.2) is 0 Å². The van der Waals surface area contributed by atoms with Crippen molar-refractivity contribution in [1.82, 2.24) is 0 Å². The number of carbonyl (C=O) groups excluding carboxylic acids is 1. The number of aliphatic carboxylic acids is 1. The van der Waals surface area contributed by atoms with E-state index in [4.69, 9.17) is 5.11 Å². The number of hydrogen-bond donors (Lipinski definition) is 2. The number of amides is 1. The maximum absolute atomic E-state index is 12.2. The summed E-state index contributed by atoms with van der Waals surface area (Å²) in [4.78, 5) is 23.3. The van der Waals surface area contributed by atoms with Crippen LogP contribution < -0.4 is 10.1 Å². The molecule has 1 aromatic carbocycles. The maximum atomic E-state index is 12.2. The Balaban J connectivity index is 2.10. The first-order chi connectivity index (χ1) is 12.1. The van der Waals surface area contributed by atoms with Gasteiger partial charge in [-0.2, -0.15) is 0 Å². The van der Waals surface area contributed by atoms with E-state index in [1.165, 1.54) is 35.6 Å². The van der Waals surface area contributed by atoms with Gasteiger partial charge in [-0.05, 0) is 35.2 Å². The van der Waals surface area contributed by atoms with Gasteiger partial charge in [-0.15, -0.1) is 24.5 Å². The minimum Gasteiger partial charge on any atom is -0.481 e. The predicted molar refractivity (Wildman–Crippen MR) is 91.0 cm³/mol. The zero-order chi connectivity index (χ0) is 19.5. The van der Waals surface area contributed by atoms with E-state index in [-0.39, 0.29) is 11.7 Å². The minimum atomic E-state index is -4.75. The third kappa shape index (κ3) is 5.22. The number of anilines is 1. The van der Waals surface area contributed by atoms with Crippen LogP contribution in [-0.4, -0.2) is 23.3 Å². The SMILES string of the molecule is CC(C)[C@H](C(=O)O)C(=O)Nc1cc(-c2ccc(OC(F)(F)F)cc2)cs1. The van der Waals surface area contributed by atoms with Crippen LogP contribution in [0.4, 0.5) is 18.2 Å². The first-order valence-electron chi connectivity index (χ1n) is 7.55. The fraction of sp³-hybridized carbons (Fsp3) is 0.294. The summed E-state index contributed by atoms with van der Waals surface area (Å²) in [5.41, 5.74) is 1.31. The molecule has 0 aliphatic rings. The maximum Gasteiger partial charge on any atom is 0.573 e. The van der Waals surface area contributed by atoms with Crippen molar-refractivity contribution in [2.24, 2.45) is 11.8 Å². The van der Waals surface area contributed by atoms with Gasteiger partial charge in [0.1, 0.15) is 11.7 Å². The summed E-state index contributed by atoms with van der Waals surface area (Å²) in [5, 5.41) is 13.9. The molecule has 0 radical (unpaired) electrons. The summed E-state index contributed by atoms with van der Waals surface area (Å²) in [6, 6.07) is 6.93. The number of nitrogens with one attached hydrogen (secondary N) is 1. The molecule has 2 rings (SSSR count). The first-order valence-corrected chi connectivity index (χ1v) is 8.43. The summed E-state index contributed by atoms with van der Waals surface area (Å²) >= 11 is 1.19. The molecule has 5 nitrogen and oxygen atoms in total. The van der Waals surface area contributed by atoms with Crippen LogP contribution in [-0.2, 0) is 9.59 Å². The van der Waals surface area contributed by atoms with Gasteiger partial charge < -0.3 is 15.2 Å². The van der Waals surface area contributed by atoms with Gasteiger partial charge in [0.2, 0.25) is 5.91 Å². The van der Waals surface area contributed by atoms with Crippen LogP contribution in [0.2, 0.25) is 0 Å². The summed E-state index contributed by atoms with van der Waals surface area (Å²) in [6.45, 7) is 3.28. The smallest absolute Gasteiger partial charge is 0.481 e. The molecule has 0 aliphatic carbocycles. The van der Waals surface area contributed by atoms with Gasteiger partial charge in [0, 0.05) is 5.38 Å². The normalized spacial score (nSPS) is 12.7. The quantitative estimate of drug-likeness (QED) is 0.710. The molecule has 0 saturated heterocycles. The van der Waals surface area contributed by atoms with Crippen molar-refractivity contribution in [3.8, 4) is 16.9 Å². The lowest BCUT2D eigenvalue weighted by Gasteiger charge is -2.14. The molecule has 2 aromatic rings. The van der Waals surface area contributed by atoms with E-state index in [0.717, 1.165) is 0 Å². The number of alkyl halides is 3. The number of thiophene rings is 1. The summed E-state index contributed by atoms with van der Waals surface area (Å²) in [5.74, 6) is -3.68. The Labute approximate surface area is 151 Å². The van der Waals surface area contributed by atoms with Gasteiger partial charge in [0.15, 0.2) is 0 Å². The highest BCUT2D eigenvalue weighted by atomic mass is 32.1. The van der Waals surface area contributed by atoms with Crippen molar-refractivity contribution in [3.63, 3.8) is 0 Å². The highest BCUT2D eigenvalue weighted by Crippen LogP contribution is 2.31. The fourth-order valence-corrected chi connectivity index (χ4v) is 3.11. The summed E-state index contributed by atoms with van der Waals surface area (Å²) < 4.78 is 40.3. The summed E-state index contributed by atoms with van der Waals surface area (Å²) in [6.07, 6.45) is -4.75. The van der Waals surface area contributed by atoms with Crippen LogP contribution in [0.25, 0.3) is 11.1 Å². The fourth-order valence-electron chi connectivity index (χ4n) is 2.30. The molecule has 26 heavy (non-hydrogen) atoms. The lowest BCUT2D eigenvalue weighted by Crippen LogP contribution is -2.33. The van der Waals surface area contributed by atoms with E-state index in [1.807, 2.05) is 0 Å². The van der Waals surface area contributed by atoms with Crippen LogP contribution in [0.15, 0.2) is 35.7 Å². The topological polar surface area (TPSA) is 75.6 Å². The molecule has 0 bridgehead atoms. The molecule has 1 aromatic heterocycles. The largest absolute Gasteiger partial charge is 0.573 e. The molecule has 0 unspecified atom stereocenters. The number of carboxylic acid groups (broad SMARTS) is 1. The average Bonchev–Trinajstić information content (AvgIpc) is 2.93. The Hall–Kier alpha value is -2.55. The first kappa shape index (κ1) is 19.8. The Bertz CT molecular complexity index is 784. The zero-order valence-corrected chi connectivity index (χ0v) is 14.6. The molecular formula is C17H16F3NO4S. The second-order valence-corrected chi connectivity index (χ2v) is 6.73. The third-order valence-electron chi connectivity index (χ3n) is 3.48. The number of rotatable bonds is 6. The van der Waals surface area contributed by atoms with Crippen molar-refractivity contribution in [2.45, 2.75) is 20.2 Å². The highest BCUT2D eigenvalue weighted by Gasteiger charge is 2.31. The number of ether oxygens (including phenoxy) is 1. The monoisotopic (exact) mass is 387 g/mol. The molecule has 0 aliphatic heterocycles. The van der Waals surface area contributed by atoms with E-state index < -0.39 is 24.2 Å². The van der Waals surface area contributed by atoms with Gasteiger partial charge >= 0.3 is 12.3 Å². The van der Waals surface area contributed by atoms with Crippen LogP contribution in [0.1, 0.15) is 13.8 Å². The molecule has 140 valence electrons. The Morgan fingerprint density at radius 3 is 2.27 bits per heavy atom. The van der Waals surface area contributed by atoms with Crippen LogP contribution in [0.3, 0.4) is 0 Å². The van der Waals surface area contributed by atoms with Gasteiger partial charge in [-0.3, -0.25) is 9.59 Å². The second kappa shape index (κ2) is 7.77. The molecule has 2 N–H and O–H groups in total. The number of halogens is 3. The number of carbonyl (C=O) groups is 2. The highest BCUT2D eigenvalue weighted by molar-refractivity contribution is 7.14. The van der Waals surface area contributed by atoms with Gasteiger partial charge in [0.05, 0.1) is 5.00 Å². The van der Waals surface area contributed by atoms with Crippen molar-refractivity contribution >= 4 is 28.2 Å². The van der Waals surface area contributed by atoms with Gasteiger partial charge in [0.25, 0.3) is 0 Å². The molecule has 0 fully saturated rings. The van der Waals surface area contributed by atoms with Crippen molar-refractivity contribution < 1.29 is 32.6 Å². The Morgan fingerprint density at radius 2 is 1.77 bits per heavy atom. The van der Waals surface area contributed by atoms with Crippen LogP contribution in [0.5, 0.6) is 5.75 Å². The molecule has 0 saturated carbocycles. The molecule has 1 atom stereocenters. The van der Waals surface area contributed by atoms with Crippen molar-refractivity contribution in [2.75, 3.05) is 5.32 Å². The number of carboxylic acids is 1. The molecule has 9 heteroatoms. The van der Waals surface area contributed by atoms with E-state index >= 15 is 0 Å². The standard InChI is InChI=1S/C17H16F3NO4S/c1-9(2)14(16(23)24)15(22)21-13-7-11(8-26-13)10-3-5-12(6-4-10)25-17(18,19)20/h3-9,14H,1-2H3,(H,21,22)(H,23,24)/t14-/m0/s1. The lowest BCUT2D eigenvalue weighted by molar-refractivity contribution is -0.274. The van der Waals surface area contributed by atoms with Crippen molar-refractivity contribution in [3.05, 3.63) is 35.7 Å². The predicted octanol–water partition coefficient (Wildman–Crippen LogP) is 4.61. The molecule has 1 amide bonds. The number of benzene rings is 1. The molecule has 0 spiro atoms. The Kier molecular flexibility index (Phi) is 5.91. The number of hydrogen-bond acceptors (Lipinski definition) is 4. The van der Waals surface area contributed by atoms with E-state index in [0.29, 0.717) is 16.1 Å². The lowest BCUT2D eigenvalue weighted by atomic mass is 9.95. The van der Waals surface area contributed by atoms with Crippen LogP contribution >= 0.6 is 11.3 Å². The Morgan fingerprint density at radius 1 is 1.15 bits per heavy atom. The second-order valence-electron chi connectivity index (χ2n) is 5.82. The average molecular weight is 387 g/mol. The van der Waals surface area contributed by atoms with Crippen molar-refractivity contribution in [1.29, 1.82) is 0 Å².